The fraction of sp³-hybridized carbons (Fsp3) is 0.310. The average Bonchev–Trinajstić information content (AvgIpc) is 3.38. The summed E-state index contributed by atoms with van der Waals surface area (Å²) in [7, 11) is 1.47. The maximum atomic E-state index is 15.2. The van der Waals surface area contributed by atoms with Gasteiger partial charge in [-0.05, 0) is 57.2 Å². The van der Waals surface area contributed by atoms with Crippen molar-refractivity contribution in [3.63, 3.8) is 0 Å². The largest absolute Gasteiger partial charge is 0.456 e. The number of carbonyl (C=O) groups excluding carboxylic acids is 3. The van der Waals surface area contributed by atoms with Crippen LogP contribution in [0.2, 0.25) is 0 Å². The number of carbonyl (C=O) groups is 3. The standard InChI is InChI=1S/C29H30ClFN4O6/c1-29(2,3)41-27(38)21-11-8-14-33(26(21)37)19-12-13-23(22(31)15-19)32-25(36)24-16-20(40-4)17-34(24)28(39)35(30)18-9-6-5-7-10-18/h5-15,20,24H,16-17H2,1-4H3,(H,32,36). The van der Waals surface area contributed by atoms with Crippen LogP contribution in [0.5, 0.6) is 0 Å². The number of anilines is 2. The number of benzene rings is 2. The third-order valence-electron chi connectivity index (χ3n) is 6.35. The van der Waals surface area contributed by atoms with Gasteiger partial charge in [-0.1, -0.05) is 18.2 Å². The van der Waals surface area contributed by atoms with Crippen LogP contribution < -0.4 is 15.3 Å². The average molecular weight is 585 g/mol. The lowest BCUT2D eigenvalue weighted by atomic mass is 10.1. The number of rotatable bonds is 6. The van der Waals surface area contributed by atoms with E-state index in [9.17, 15) is 19.2 Å². The molecule has 1 N–H and O–H groups in total. The minimum Gasteiger partial charge on any atom is -0.456 e. The molecule has 1 aliphatic heterocycles. The molecule has 1 aromatic heterocycles. The minimum absolute atomic E-state index is 0.113. The molecule has 0 radical (unpaired) electrons. The molecular formula is C29H30ClFN4O6. The number of para-hydroxylation sites is 1. The Morgan fingerprint density at radius 3 is 2.41 bits per heavy atom. The Morgan fingerprint density at radius 2 is 1.78 bits per heavy atom. The molecule has 1 saturated heterocycles. The van der Waals surface area contributed by atoms with E-state index in [-0.39, 0.29) is 29.9 Å². The van der Waals surface area contributed by atoms with Gasteiger partial charge in [-0.15, -0.1) is 0 Å². The van der Waals surface area contributed by atoms with E-state index < -0.39 is 47.0 Å². The summed E-state index contributed by atoms with van der Waals surface area (Å²) in [5.41, 5.74) is -1.30. The maximum Gasteiger partial charge on any atom is 0.344 e. The smallest absolute Gasteiger partial charge is 0.344 e. The van der Waals surface area contributed by atoms with Crippen LogP contribution in [0.4, 0.5) is 20.6 Å². The summed E-state index contributed by atoms with van der Waals surface area (Å²) in [6.45, 7) is 5.15. The number of urea groups is 1. The van der Waals surface area contributed by atoms with Crippen molar-refractivity contribution in [2.45, 2.75) is 44.9 Å². The zero-order valence-corrected chi connectivity index (χ0v) is 23.7. The highest BCUT2D eigenvalue weighted by atomic mass is 35.5. The van der Waals surface area contributed by atoms with Gasteiger partial charge in [0.1, 0.15) is 23.0 Å². The molecule has 0 spiro atoms. The maximum absolute atomic E-state index is 15.2. The first-order valence-corrected chi connectivity index (χ1v) is 13.1. The second-order valence-electron chi connectivity index (χ2n) is 10.4. The van der Waals surface area contributed by atoms with Crippen LogP contribution in [0, 0.1) is 5.82 Å². The molecule has 2 aromatic carbocycles. The van der Waals surface area contributed by atoms with Gasteiger partial charge in [-0.3, -0.25) is 14.2 Å². The van der Waals surface area contributed by atoms with Gasteiger partial charge in [0, 0.05) is 44.1 Å². The predicted molar refractivity (Wildman–Crippen MR) is 152 cm³/mol. The molecule has 12 heteroatoms. The van der Waals surface area contributed by atoms with Crippen LogP contribution in [0.25, 0.3) is 5.69 Å². The first-order chi connectivity index (χ1) is 19.4. The second kappa shape index (κ2) is 12.1. The molecule has 3 aromatic rings. The van der Waals surface area contributed by atoms with Gasteiger partial charge >= 0.3 is 12.0 Å². The molecule has 2 heterocycles. The molecule has 0 aliphatic carbocycles. The van der Waals surface area contributed by atoms with E-state index in [1.807, 2.05) is 0 Å². The fourth-order valence-electron chi connectivity index (χ4n) is 4.37. The molecule has 3 amide bonds. The number of hydrogen-bond donors (Lipinski definition) is 1. The molecule has 2 unspecified atom stereocenters. The van der Waals surface area contributed by atoms with Crippen molar-refractivity contribution < 1.29 is 28.2 Å². The monoisotopic (exact) mass is 584 g/mol. The van der Waals surface area contributed by atoms with Crippen molar-refractivity contribution in [3.8, 4) is 5.69 Å². The molecule has 216 valence electrons. The lowest BCUT2D eigenvalue weighted by Crippen LogP contribution is -2.47. The highest BCUT2D eigenvalue weighted by Gasteiger charge is 2.42. The SMILES string of the molecule is COC1CC(C(=O)Nc2ccc(-n3cccc(C(=O)OC(C)(C)C)c3=O)cc2F)N(C(=O)N(Cl)c2ccccc2)C1. The van der Waals surface area contributed by atoms with Crippen molar-refractivity contribution in [2.75, 3.05) is 23.4 Å². The van der Waals surface area contributed by atoms with Gasteiger partial charge in [0.2, 0.25) is 5.91 Å². The van der Waals surface area contributed by atoms with Crippen LogP contribution in [0.1, 0.15) is 37.6 Å². The van der Waals surface area contributed by atoms with E-state index in [0.29, 0.717) is 5.69 Å². The van der Waals surface area contributed by atoms with E-state index in [0.717, 1.165) is 15.1 Å². The molecule has 1 aliphatic rings. The summed E-state index contributed by atoms with van der Waals surface area (Å²) in [6.07, 6.45) is 1.15. The number of amides is 3. The number of methoxy groups -OCH3 is 1. The van der Waals surface area contributed by atoms with Crippen molar-refractivity contribution in [1.29, 1.82) is 0 Å². The Morgan fingerprint density at radius 1 is 1.07 bits per heavy atom. The number of likely N-dealkylation sites (tertiary alicyclic amines) is 1. The molecule has 0 saturated carbocycles. The summed E-state index contributed by atoms with van der Waals surface area (Å²) in [6, 6.07) is 13.5. The van der Waals surface area contributed by atoms with E-state index in [2.05, 4.69) is 5.32 Å². The van der Waals surface area contributed by atoms with Crippen LogP contribution >= 0.6 is 11.8 Å². The highest BCUT2D eigenvalue weighted by Crippen LogP contribution is 2.27. The third-order valence-corrected chi connectivity index (χ3v) is 6.69. The normalized spacial score (nSPS) is 16.8. The number of halogens is 2. The zero-order chi connectivity index (χ0) is 29.9. The molecule has 1 fully saturated rings. The van der Waals surface area contributed by atoms with E-state index >= 15 is 4.39 Å². The number of ether oxygens (including phenoxy) is 2. The van der Waals surface area contributed by atoms with E-state index in [4.69, 9.17) is 21.3 Å². The van der Waals surface area contributed by atoms with Crippen LogP contribution in [-0.4, -0.2) is 58.8 Å². The first kappa shape index (κ1) is 29.8. The Balaban J connectivity index is 1.54. The summed E-state index contributed by atoms with van der Waals surface area (Å²) >= 11 is 6.29. The van der Waals surface area contributed by atoms with Gasteiger partial charge in [0.25, 0.3) is 5.56 Å². The quantitative estimate of drug-likeness (QED) is 0.331. The number of nitrogens with one attached hydrogen (secondary N) is 1. The number of nitrogens with zero attached hydrogens (tertiary/aromatic N) is 3. The predicted octanol–water partition coefficient (Wildman–Crippen LogP) is 4.74. The van der Waals surface area contributed by atoms with Crippen LogP contribution in [0.15, 0.2) is 71.7 Å². The van der Waals surface area contributed by atoms with Crippen molar-refractivity contribution in [3.05, 3.63) is 88.6 Å². The van der Waals surface area contributed by atoms with Gasteiger partial charge in [-0.2, -0.15) is 0 Å². The lowest BCUT2D eigenvalue weighted by Gasteiger charge is -2.27. The second-order valence-corrected chi connectivity index (χ2v) is 10.8. The van der Waals surface area contributed by atoms with Gasteiger partial charge in [0.05, 0.1) is 23.2 Å². The van der Waals surface area contributed by atoms with Gasteiger partial charge < -0.3 is 19.7 Å². The number of esters is 1. The molecule has 4 rings (SSSR count). The topological polar surface area (TPSA) is 110 Å². The summed E-state index contributed by atoms with van der Waals surface area (Å²) in [5, 5.41) is 2.52. The summed E-state index contributed by atoms with van der Waals surface area (Å²) in [5.74, 6) is -2.26. The van der Waals surface area contributed by atoms with Gasteiger partial charge in [0.15, 0.2) is 0 Å². The van der Waals surface area contributed by atoms with E-state index in [1.165, 1.54) is 42.5 Å². The van der Waals surface area contributed by atoms with Gasteiger partial charge in [-0.25, -0.2) is 18.4 Å². The molecule has 10 nitrogen and oxygen atoms in total. The molecule has 41 heavy (non-hydrogen) atoms. The first-order valence-electron chi connectivity index (χ1n) is 12.8. The fourth-order valence-corrected chi connectivity index (χ4v) is 4.58. The summed E-state index contributed by atoms with van der Waals surface area (Å²) in [4.78, 5) is 53.1. The summed E-state index contributed by atoms with van der Waals surface area (Å²) < 4.78 is 27.9. The Hall–Kier alpha value is -4.22. The van der Waals surface area contributed by atoms with Crippen molar-refractivity contribution in [1.82, 2.24) is 9.47 Å². The Labute approximate surface area is 241 Å². The molecule has 2 atom stereocenters. The van der Waals surface area contributed by atoms with E-state index in [1.54, 1.807) is 51.1 Å². The zero-order valence-electron chi connectivity index (χ0n) is 23.0. The number of pyridine rings is 1. The lowest BCUT2D eigenvalue weighted by molar-refractivity contribution is -0.119. The minimum atomic E-state index is -0.982. The number of hydrogen-bond acceptors (Lipinski definition) is 6. The van der Waals surface area contributed by atoms with Crippen LogP contribution in [-0.2, 0) is 14.3 Å². The third kappa shape index (κ3) is 6.75. The Bertz CT molecular complexity index is 1510. The highest BCUT2D eigenvalue weighted by molar-refractivity contribution is 6.36. The van der Waals surface area contributed by atoms with Crippen molar-refractivity contribution in [2.24, 2.45) is 0 Å². The molecule has 0 bridgehead atoms. The van der Waals surface area contributed by atoms with Crippen LogP contribution in [0.3, 0.4) is 0 Å². The number of aromatic nitrogens is 1. The molecular weight excluding hydrogens is 555 g/mol. The van der Waals surface area contributed by atoms with Crippen molar-refractivity contribution >= 4 is 41.1 Å². The Kier molecular flexibility index (Phi) is 8.79.